The van der Waals surface area contributed by atoms with E-state index in [2.05, 4.69) is 82.7 Å². The molecule has 1 aliphatic rings. The van der Waals surface area contributed by atoms with E-state index in [1.54, 1.807) is 12.7 Å². The molecule has 2 heterocycles. The molecule has 1 fully saturated rings. The molecule has 0 aliphatic carbocycles. The Morgan fingerprint density at radius 2 is 1.85 bits per heavy atom. The molecule has 34 heavy (non-hydrogen) atoms. The molecule has 182 valence electrons. The van der Waals surface area contributed by atoms with Crippen molar-refractivity contribution < 1.29 is 4.74 Å². The molecule has 2 aromatic carbocycles. The number of nitrogens with zero attached hydrogens (tertiary/aromatic N) is 5. The first kappa shape index (κ1) is 26.2. The van der Waals surface area contributed by atoms with Crippen LogP contribution < -0.4 is 5.32 Å². The van der Waals surface area contributed by atoms with Crippen LogP contribution in [-0.4, -0.2) is 58.0 Å². The molecule has 1 aromatic heterocycles. The number of nitrogens with one attached hydrogen (secondary N) is 1. The second kappa shape index (κ2) is 13.4. The van der Waals surface area contributed by atoms with Crippen molar-refractivity contribution >= 4 is 29.9 Å². The van der Waals surface area contributed by atoms with Crippen LogP contribution in [0.3, 0.4) is 0 Å². The molecule has 0 saturated carbocycles. The number of aliphatic imine (C=N–C) groups is 1. The fraction of sp³-hybridized carbons (Fsp3) is 0.423. The van der Waals surface area contributed by atoms with Crippen LogP contribution in [0.4, 0.5) is 0 Å². The molecule has 0 unspecified atom stereocenters. The van der Waals surface area contributed by atoms with Gasteiger partial charge < -0.3 is 15.0 Å². The molecule has 0 spiro atoms. The molecule has 7 nitrogen and oxygen atoms in total. The van der Waals surface area contributed by atoms with Crippen LogP contribution in [0.15, 0.2) is 66.2 Å². The fourth-order valence-corrected chi connectivity index (χ4v) is 4.29. The monoisotopic (exact) mass is 574 g/mol. The highest BCUT2D eigenvalue weighted by molar-refractivity contribution is 14.0. The molecule has 1 aliphatic heterocycles. The van der Waals surface area contributed by atoms with Crippen molar-refractivity contribution in [3.63, 3.8) is 0 Å². The van der Waals surface area contributed by atoms with Gasteiger partial charge in [0.25, 0.3) is 0 Å². The molecule has 0 radical (unpaired) electrons. The second-order valence-electron chi connectivity index (χ2n) is 8.26. The Morgan fingerprint density at radius 3 is 2.53 bits per heavy atom. The summed E-state index contributed by atoms with van der Waals surface area (Å²) in [5.41, 5.74) is 4.84. The standard InChI is InChI=1S/C26H34N6O.HI/c1-3-28-26(31-15-13-24(14-16-31)33-4-2)29-17-23-7-5-6-8-25(23)22-11-9-21(10-12-22)18-32-20-27-19-30-32;/h5-12,19-20,24H,3-4,13-18H2,1-2H3,(H,28,29);1H. The highest BCUT2D eigenvalue weighted by Crippen LogP contribution is 2.25. The molecule has 1 N–H and O–H groups in total. The maximum Gasteiger partial charge on any atom is 0.194 e. The average Bonchev–Trinajstić information content (AvgIpc) is 3.36. The molecular formula is C26H35IN6O. The number of benzene rings is 2. The molecule has 0 bridgehead atoms. The van der Waals surface area contributed by atoms with Crippen LogP contribution in [0.5, 0.6) is 0 Å². The summed E-state index contributed by atoms with van der Waals surface area (Å²) in [5.74, 6) is 0.991. The SMILES string of the molecule is CCNC(=NCc1ccccc1-c1ccc(Cn2cncn2)cc1)N1CCC(OCC)CC1.I. The lowest BCUT2D eigenvalue weighted by atomic mass is 9.98. The first-order chi connectivity index (χ1) is 16.3. The average molecular weight is 575 g/mol. The van der Waals surface area contributed by atoms with E-state index in [9.17, 15) is 0 Å². The van der Waals surface area contributed by atoms with Gasteiger partial charge in [-0.2, -0.15) is 5.10 Å². The normalized spacial score (nSPS) is 14.6. The number of ether oxygens (including phenoxy) is 1. The maximum atomic E-state index is 5.81. The Hall–Kier alpha value is -2.46. The van der Waals surface area contributed by atoms with Gasteiger partial charge in [-0.3, -0.25) is 0 Å². The number of rotatable bonds is 8. The largest absolute Gasteiger partial charge is 0.378 e. The van der Waals surface area contributed by atoms with Gasteiger partial charge in [-0.1, -0.05) is 48.5 Å². The van der Waals surface area contributed by atoms with Crippen molar-refractivity contribution in [2.45, 2.75) is 45.9 Å². The predicted octanol–water partition coefficient (Wildman–Crippen LogP) is 4.58. The summed E-state index contributed by atoms with van der Waals surface area (Å²) in [4.78, 5) is 11.4. The van der Waals surface area contributed by atoms with Crippen molar-refractivity contribution in [2.75, 3.05) is 26.2 Å². The summed E-state index contributed by atoms with van der Waals surface area (Å²) >= 11 is 0. The van der Waals surface area contributed by atoms with E-state index in [1.165, 1.54) is 22.3 Å². The highest BCUT2D eigenvalue weighted by Gasteiger charge is 2.21. The van der Waals surface area contributed by atoms with Crippen molar-refractivity contribution in [3.05, 3.63) is 72.3 Å². The van der Waals surface area contributed by atoms with Gasteiger partial charge in [0, 0.05) is 26.2 Å². The summed E-state index contributed by atoms with van der Waals surface area (Å²) in [6, 6.07) is 17.2. The van der Waals surface area contributed by atoms with E-state index >= 15 is 0 Å². The Kier molecular flexibility index (Phi) is 10.3. The van der Waals surface area contributed by atoms with E-state index < -0.39 is 0 Å². The lowest BCUT2D eigenvalue weighted by Crippen LogP contribution is -2.47. The van der Waals surface area contributed by atoms with Crippen molar-refractivity contribution in [1.29, 1.82) is 0 Å². The minimum atomic E-state index is 0. The quantitative estimate of drug-likeness (QED) is 0.243. The van der Waals surface area contributed by atoms with Crippen LogP contribution in [0.2, 0.25) is 0 Å². The number of aromatic nitrogens is 3. The minimum absolute atomic E-state index is 0. The van der Waals surface area contributed by atoms with Gasteiger partial charge in [0.1, 0.15) is 12.7 Å². The van der Waals surface area contributed by atoms with Crippen LogP contribution in [-0.2, 0) is 17.8 Å². The minimum Gasteiger partial charge on any atom is -0.378 e. The van der Waals surface area contributed by atoms with Crippen LogP contribution in [0.25, 0.3) is 11.1 Å². The van der Waals surface area contributed by atoms with Crippen LogP contribution in [0.1, 0.15) is 37.8 Å². The Balaban J connectivity index is 0.00000324. The third-order valence-electron chi connectivity index (χ3n) is 5.97. The third kappa shape index (κ3) is 7.02. The molecule has 8 heteroatoms. The number of hydrogen-bond acceptors (Lipinski definition) is 4. The van der Waals surface area contributed by atoms with Gasteiger partial charge in [0.05, 0.1) is 19.2 Å². The van der Waals surface area contributed by atoms with Gasteiger partial charge in [-0.25, -0.2) is 14.7 Å². The molecule has 4 rings (SSSR count). The third-order valence-corrected chi connectivity index (χ3v) is 5.97. The molecule has 1 saturated heterocycles. The number of hydrogen-bond donors (Lipinski definition) is 1. The Morgan fingerprint density at radius 1 is 1.09 bits per heavy atom. The first-order valence-corrected chi connectivity index (χ1v) is 11.9. The van der Waals surface area contributed by atoms with Crippen molar-refractivity contribution in [3.8, 4) is 11.1 Å². The number of guanidine groups is 1. The summed E-state index contributed by atoms with van der Waals surface area (Å²) < 4.78 is 7.64. The van der Waals surface area contributed by atoms with Gasteiger partial charge >= 0.3 is 0 Å². The number of piperidine rings is 1. The molecule has 0 amide bonds. The predicted molar refractivity (Wildman–Crippen MR) is 147 cm³/mol. The zero-order chi connectivity index (χ0) is 22.9. The first-order valence-electron chi connectivity index (χ1n) is 11.9. The highest BCUT2D eigenvalue weighted by atomic mass is 127. The zero-order valence-corrected chi connectivity index (χ0v) is 22.4. The van der Waals surface area contributed by atoms with E-state index in [-0.39, 0.29) is 24.0 Å². The van der Waals surface area contributed by atoms with Gasteiger partial charge in [0.2, 0.25) is 0 Å². The van der Waals surface area contributed by atoms with Crippen LogP contribution in [0, 0.1) is 0 Å². The second-order valence-corrected chi connectivity index (χ2v) is 8.26. The van der Waals surface area contributed by atoms with E-state index in [0.29, 0.717) is 12.6 Å². The van der Waals surface area contributed by atoms with E-state index in [0.717, 1.165) is 51.6 Å². The van der Waals surface area contributed by atoms with Crippen molar-refractivity contribution in [1.82, 2.24) is 25.0 Å². The summed E-state index contributed by atoms with van der Waals surface area (Å²) in [5, 5.41) is 7.67. The molecule has 0 atom stereocenters. The number of likely N-dealkylation sites (tertiary alicyclic amines) is 1. The Bertz CT molecular complexity index is 1010. The summed E-state index contributed by atoms with van der Waals surface area (Å²) in [6.45, 7) is 9.16. The maximum absolute atomic E-state index is 5.81. The lowest BCUT2D eigenvalue weighted by molar-refractivity contribution is 0.0263. The van der Waals surface area contributed by atoms with Gasteiger partial charge in [-0.15, -0.1) is 24.0 Å². The molecule has 3 aromatic rings. The fourth-order valence-electron chi connectivity index (χ4n) is 4.29. The smallest absolute Gasteiger partial charge is 0.194 e. The van der Waals surface area contributed by atoms with Crippen LogP contribution >= 0.6 is 24.0 Å². The number of halogens is 1. The summed E-state index contributed by atoms with van der Waals surface area (Å²) in [7, 11) is 0. The summed E-state index contributed by atoms with van der Waals surface area (Å²) in [6.07, 6.45) is 5.78. The van der Waals surface area contributed by atoms with E-state index in [4.69, 9.17) is 9.73 Å². The van der Waals surface area contributed by atoms with Gasteiger partial charge in [0.15, 0.2) is 5.96 Å². The molecular weight excluding hydrogens is 539 g/mol. The Labute approximate surface area is 219 Å². The lowest BCUT2D eigenvalue weighted by Gasteiger charge is -2.34. The van der Waals surface area contributed by atoms with E-state index in [1.807, 2.05) is 4.68 Å². The zero-order valence-electron chi connectivity index (χ0n) is 20.1. The topological polar surface area (TPSA) is 67.6 Å². The van der Waals surface area contributed by atoms with Crippen molar-refractivity contribution in [2.24, 2.45) is 4.99 Å². The van der Waals surface area contributed by atoms with Gasteiger partial charge in [-0.05, 0) is 48.9 Å².